The van der Waals surface area contributed by atoms with Crippen LogP contribution in [0, 0.1) is 6.92 Å². The molecule has 0 bridgehead atoms. The SMILES string of the molecule is COc1cc(C)c2[nH]ccc2c1CN1CCN(CC(F)F)C[C@H]1c1ccc(C(=O)O)cc1. The van der Waals surface area contributed by atoms with E-state index >= 15 is 0 Å². The van der Waals surface area contributed by atoms with Crippen LogP contribution in [0.5, 0.6) is 5.75 Å². The Labute approximate surface area is 185 Å². The lowest BCUT2D eigenvalue weighted by Crippen LogP contribution is -2.49. The molecule has 2 aromatic carbocycles. The molecule has 0 radical (unpaired) electrons. The van der Waals surface area contributed by atoms with Crippen LogP contribution in [0.3, 0.4) is 0 Å². The number of carboxylic acids is 1. The Balaban J connectivity index is 1.68. The minimum absolute atomic E-state index is 0.148. The Bertz CT molecular complexity index is 1100. The van der Waals surface area contributed by atoms with Crippen molar-refractivity contribution in [3.8, 4) is 5.75 Å². The maximum absolute atomic E-state index is 13.1. The monoisotopic (exact) mass is 443 g/mol. The zero-order chi connectivity index (χ0) is 22.8. The van der Waals surface area contributed by atoms with Crippen molar-refractivity contribution in [1.29, 1.82) is 0 Å². The molecule has 1 saturated heterocycles. The number of halogens is 2. The number of fused-ring (bicyclic) bond motifs is 1. The molecule has 0 amide bonds. The number of alkyl halides is 2. The fourth-order valence-electron chi connectivity index (χ4n) is 4.58. The molecular weight excluding hydrogens is 416 g/mol. The normalized spacial score (nSPS) is 17.8. The molecule has 1 aromatic heterocycles. The van der Waals surface area contributed by atoms with Gasteiger partial charge < -0.3 is 14.8 Å². The summed E-state index contributed by atoms with van der Waals surface area (Å²) in [4.78, 5) is 18.6. The fourth-order valence-corrected chi connectivity index (χ4v) is 4.58. The van der Waals surface area contributed by atoms with Gasteiger partial charge in [-0.05, 0) is 42.3 Å². The van der Waals surface area contributed by atoms with Crippen molar-refractivity contribution in [3.63, 3.8) is 0 Å². The first-order valence-corrected chi connectivity index (χ1v) is 10.6. The Morgan fingerprint density at radius 2 is 2.00 bits per heavy atom. The summed E-state index contributed by atoms with van der Waals surface area (Å²) in [5.74, 6) is -0.194. The first-order valence-electron chi connectivity index (χ1n) is 10.6. The first kappa shape index (κ1) is 22.2. The number of nitrogens with zero attached hydrogens (tertiary/aromatic N) is 2. The minimum Gasteiger partial charge on any atom is -0.496 e. The lowest BCUT2D eigenvalue weighted by molar-refractivity contribution is 0.0245. The van der Waals surface area contributed by atoms with E-state index < -0.39 is 12.4 Å². The fraction of sp³-hybridized carbons (Fsp3) is 0.375. The zero-order valence-corrected chi connectivity index (χ0v) is 18.1. The van der Waals surface area contributed by atoms with E-state index in [1.54, 1.807) is 36.3 Å². The number of carbonyl (C=O) groups is 1. The molecule has 0 spiro atoms. The van der Waals surface area contributed by atoms with E-state index in [1.807, 2.05) is 25.3 Å². The van der Waals surface area contributed by atoms with Crippen LogP contribution in [-0.4, -0.2) is 65.6 Å². The van der Waals surface area contributed by atoms with E-state index in [0.717, 1.165) is 33.3 Å². The summed E-state index contributed by atoms with van der Waals surface area (Å²) < 4.78 is 31.8. The summed E-state index contributed by atoms with van der Waals surface area (Å²) >= 11 is 0. The summed E-state index contributed by atoms with van der Waals surface area (Å²) in [6.45, 7) is 3.95. The molecule has 1 fully saturated rings. The summed E-state index contributed by atoms with van der Waals surface area (Å²) in [5.41, 5.74) is 4.30. The number of benzene rings is 2. The molecule has 2 N–H and O–H groups in total. The Morgan fingerprint density at radius 1 is 1.25 bits per heavy atom. The Hall–Kier alpha value is -2.97. The maximum atomic E-state index is 13.1. The average Bonchev–Trinajstić information content (AvgIpc) is 3.27. The van der Waals surface area contributed by atoms with E-state index in [-0.39, 0.29) is 18.2 Å². The van der Waals surface area contributed by atoms with Gasteiger partial charge in [-0.3, -0.25) is 9.80 Å². The standard InChI is InChI=1S/C24H27F2N3O3/c1-15-11-21(32-2)19(18-7-8-27-23(15)18)12-29-10-9-28(14-22(25)26)13-20(29)16-3-5-17(6-4-16)24(30)31/h3-8,11,20,22,27H,9-10,12-14H2,1-2H3,(H,30,31)/t20-/m0/s1. The summed E-state index contributed by atoms with van der Waals surface area (Å²) in [5, 5.41) is 10.3. The Kier molecular flexibility index (Phi) is 6.43. The van der Waals surface area contributed by atoms with Gasteiger partial charge in [0, 0.05) is 54.9 Å². The third-order valence-corrected chi connectivity index (χ3v) is 6.21. The highest BCUT2D eigenvalue weighted by atomic mass is 19.3. The number of carboxylic acid groups (broad SMARTS) is 1. The molecule has 1 aliphatic heterocycles. The van der Waals surface area contributed by atoms with E-state index in [2.05, 4.69) is 9.88 Å². The van der Waals surface area contributed by atoms with Crippen LogP contribution in [0.4, 0.5) is 8.78 Å². The summed E-state index contributed by atoms with van der Waals surface area (Å²) in [6.07, 6.45) is -0.489. The molecule has 6 nitrogen and oxygen atoms in total. The lowest BCUT2D eigenvalue weighted by atomic mass is 9.98. The van der Waals surface area contributed by atoms with Crippen molar-refractivity contribution in [3.05, 3.63) is 64.8 Å². The number of aromatic carboxylic acids is 1. The van der Waals surface area contributed by atoms with E-state index in [1.165, 1.54) is 0 Å². The second kappa shape index (κ2) is 9.26. The Morgan fingerprint density at radius 3 is 2.66 bits per heavy atom. The van der Waals surface area contributed by atoms with Crippen LogP contribution >= 0.6 is 0 Å². The molecule has 170 valence electrons. The van der Waals surface area contributed by atoms with Crippen LogP contribution < -0.4 is 4.74 Å². The van der Waals surface area contributed by atoms with Crippen LogP contribution in [0.2, 0.25) is 0 Å². The van der Waals surface area contributed by atoms with E-state index in [0.29, 0.717) is 26.2 Å². The van der Waals surface area contributed by atoms with Crippen molar-refractivity contribution in [2.45, 2.75) is 25.9 Å². The second-order valence-corrected chi connectivity index (χ2v) is 8.20. The van der Waals surface area contributed by atoms with Gasteiger partial charge in [0.1, 0.15) is 5.75 Å². The highest BCUT2D eigenvalue weighted by Gasteiger charge is 2.31. The van der Waals surface area contributed by atoms with Crippen molar-refractivity contribution in [1.82, 2.24) is 14.8 Å². The second-order valence-electron chi connectivity index (χ2n) is 8.20. The minimum atomic E-state index is -2.40. The number of H-pyrrole nitrogens is 1. The maximum Gasteiger partial charge on any atom is 0.335 e. The highest BCUT2D eigenvalue weighted by molar-refractivity contribution is 5.88. The zero-order valence-electron chi connectivity index (χ0n) is 18.1. The third kappa shape index (κ3) is 4.47. The van der Waals surface area contributed by atoms with E-state index in [9.17, 15) is 18.7 Å². The van der Waals surface area contributed by atoms with Gasteiger partial charge >= 0.3 is 5.97 Å². The van der Waals surface area contributed by atoms with Gasteiger partial charge in [0.25, 0.3) is 6.43 Å². The van der Waals surface area contributed by atoms with Gasteiger partial charge in [-0.2, -0.15) is 0 Å². The molecule has 8 heteroatoms. The number of ether oxygens (including phenoxy) is 1. The molecule has 0 unspecified atom stereocenters. The van der Waals surface area contributed by atoms with Gasteiger partial charge in [0.15, 0.2) is 0 Å². The third-order valence-electron chi connectivity index (χ3n) is 6.21. The molecule has 3 aromatic rings. The predicted molar refractivity (Wildman–Crippen MR) is 119 cm³/mol. The molecule has 1 aliphatic rings. The molecule has 1 atom stereocenters. The number of rotatable bonds is 7. The summed E-state index contributed by atoms with van der Waals surface area (Å²) in [6, 6.07) is 10.6. The molecule has 2 heterocycles. The number of hydrogen-bond acceptors (Lipinski definition) is 4. The summed E-state index contributed by atoms with van der Waals surface area (Å²) in [7, 11) is 1.65. The topological polar surface area (TPSA) is 68.8 Å². The number of aromatic amines is 1. The van der Waals surface area contributed by atoms with Crippen molar-refractivity contribution in [2.75, 3.05) is 33.3 Å². The van der Waals surface area contributed by atoms with Crippen LogP contribution in [0.1, 0.15) is 33.1 Å². The highest BCUT2D eigenvalue weighted by Crippen LogP contribution is 2.35. The van der Waals surface area contributed by atoms with Gasteiger partial charge in [0.2, 0.25) is 0 Å². The molecule has 0 aliphatic carbocycles. The molecule has 4 rings (SSSR count). The van der Waals surface area contributed by atoms with Gasteiger partial charge in [-0.15, -0.1) is 0 Å². The van der Waals surface area contributed by atoms with Crippen molar-refractivity contribution >= 4 is 16.9 Å². The van der Waals surface area contributed by atoms with Crippen LogP contribution in [-0.2, 0) is 6.54 Å². The smallest absolute Gasteiger partial charge is 0.335 e. The number of hydrogen-bond donors (Lipinski definition) is 2. The molecular formula is C24H27F2N3O3. The number of nitrogens with one attached hydrogen (secondary N) is 1. The molecule has 0 saturated carbocycles. The average molecular weight is 443 g/mol. The van der Waals surface area contributed by atoms with Gasteiger partial charge in [0.05, 0.1) is 19.2 Å². The molecule has 32 heavy (non-hydrogen) atoms. The van der Waals surface area contributed by atoms with Crippen LogP contribution in [0.25, 0.3) is 10.9 Å². The van der Waals surface area contributed by atoms with E-state index in [4.69, 9.17) is 4.74 Å². The van der Waals surface area contributed by atoms with Gasteiger partial charge in [-0.1, -0.05) is 12.1 Å². The first-order chi connectivity index (χ1) is 15.4. The predicted octanol–water partition coefficient (Wildman–Crippen LogP) is 4.31. The lowest BCUT2D eigenvalue weighted by Gasteiger charge is -2.42. The number of methoxy groups -OCH3 is 1. The number of aryl methyl sites for hydroxylation is 1. The van der Waals surface area contributed by atoms with Crippen molar-refractivity contribution in [2.24, 2.45) is 0 Å². The number of aromatic nitrogens is 1. The van der Waals surface area contributed by atoms with Crippen LogP contribution in [0.15, 0.2) is 42.6 Å². The quantitative estimate of drug-likeness (QED) is 0.570. The van der Waals surface area contributed by atoms with Gasteiger partial charge in [-0.25, -0.2) is 13.6 Å². The van der Waals surface area contributed by atoms with Crippen molar-refractivity contribution < 1.29 is 23.4 Å². The number of piperazine rings is 1. The largest absolute Gasteiger partial charge is 0.496 e.